The fourth-order valence-corrected chi connectivity index (χ4v) is 3.86. The number of nitrogens with two attached hydrogens (primary N) is 1. The summed E-state index contributed by atoms with van der Waals surface area (Å²) in [7, 11) is 0. The topological polar surface area (TPSA) is 67.6 Å². The fraction of sp³-hybridized carbons (Fsp3) is 0.933. The zero-order valence-electron chi connectivity index (χ0n) is 12.4. The monoisotopic (exact) mass is 281 g/mol. The molecule has 0 bridgehead atoms. The summed E-state index contributed by atoms with van der Waals surface area (Å²) in [6.07, 6.45) is 6.39. The lowest BCUT2D eigenvalue weighted by Crippen LogP contribution is -2.62. The smallest absolute Gasteiger partial charge is 0.237 e. The highest BCUT2D eigenvalue weighted by molar-refractivity contribution is 5.85. The van der Waals surface area contributed by atoms with Crippen molar-refractivity contribution < 1.29 is 9.53 Å². The Hall–Kier alpha value is -0.650. The van der Waals surface area contributed by atoms with Crippen LogP contribution in [0.1, 0.15) is 45.4 Å². The molecule has 3 aliphatic rings. The van der Waals surface area contributed by atoms with E-state index in [1.165, 1.54) is 19.3 Å². The minimum absolute atomic E-state index is 0.157. The first-order valence-electron chi connectivity index (χ1n) is 8.02. The molecule has 0 spiro atoms. The molecule has 2 aliphatic carbocycles. The number of carbonyl (C=O) groups excluding carboxylic acids is 1. The second-order valence-electron chi connectivity index (χ2n) is 6.78. The van der Waals surface area contributed by atoms with E-state index in [1.54, 1.807) is 0 Å². The molecule has 3 fully saturated rings. The number of hydrogen-bond donors (Lipinski definition) is 2. The van der Waals surface area contributed by atoms with Gasteiger partial charge in [-0.15, -0.1) is 0 Å². The van der Waals surface area contributed by atoms with Gasteiger partial charge in [0.25, 0.3) is 0 Å². The lowest BCUT2D eigenvalue weighted by molar-refractivity contribution is -0.127. The molecule has 0 aromatic rings. The Labute approximate surface area is 121 Å². The van der Waals surface area contributed by atoms with Crippen LogP contribution in [0.15, 0.2) is 0 Å². The van der Waals surface area contributed by atoms with Crippen LogP contribution in [0, 0.1) is 0 Å². The van der Waals surface area contributed by atoms with Crippen molar-refractivity contribution in [2.45, 2.75) is 69.1 Å². The first kappa shape index (κ1) is 14.3. The minimum atomic E-state index is -0.470. The maximum absolute atomic E-state index is 12.1. The van der Waals surface area contributed by atoms with Gasteiger partial charge in [-0.05, 0) is 45.4 Å². The lowest BCUT2D eigenvalue weighted by Gasteiger charge is -2.46. The number of primary amides is 1. The standard InChI is InChI=1S/C15H27N3O2/c1-11-10-20-8-7-18(11)13-3-2-6-15(9-13,14(16)19)17-12-4-5-12/h11-13,17H,2-10H2,1H3,(H2,16,19). The number of amides is 1. The number of morpholine rings is 1. The van der Waals surface area contributed by atoms with Crippen molar-refractivity contribution in [3.05, 3.63) is 0 Å². The van der Waals surface area contributed by atoms with Crippen LogP contribution in [0.25, 0.3) is 0 Å². The van der Waals surface area contributed by atoms with Crippen molar-refractivity contribution in [3.8, 4) is 0 Å². The predicted molar refractivity (Wildman–Crippen MR) is 77.3 cm³/mol. The van der Waals surface area contributed by atoms with Crippen LogP contribution in [0.4, 0.5) is 0 Å². The van der Waals surface area contributed by atoms with E-state index in [1.807, 2.05) is 0 Å². The lowest BCUT2D eigenvalue weighted by atomic mass is 9.77. The van der Waals surface area contributed by atoms with Gasteiger partial charge in [-0.3, -0.25) is 9.69 Å². The zero-order valence-corrected chi connectivity index (χ0v) is 12.4. The summed E-state index contributed by atoms with van der Waals surface area (Å²) in [5.41, 5.74) is 5.29. The van der Waals surface area contributed by atoms with Crippen LogP contribution >= 0.6 is 0 Å². The molecule has 3 atom stereocenters. The summed E-state index contributed by atoms with van der Waals surface area (Å²) in [5.74, 6) is -0.157. The molecule has 1 heterocycles. The number of nitrogens with one attached hydrogen (secondary N) is 1. The molecule has 20 heavy (non-hydrogen) atoms. The Bertz CT molecular complexity index is 372. The van der Waals surface area contributed by atoms with Gasteiger partial charge in [0, 0.05) is 24.7 Å². The molecule has 3 unspecified atom stereocenters. The van der Waals surface area contributed by atoms with Gasteiger partial charge in [0.05, 0.1) is 18.8 Å². The van der Waals surface area contributed by atoms with E-state index in [0.29, 0.717) is 18.1 Å². The van der Waals surface area contributed by atoms with Crippen LogP contribution in [0.2, 0.25) is 0 Å². The van der Waals surface area contributed by atoms with E-state index in [0.717, 1.165) is 39.0 Å². The molecule has 0 radical (unpaired) electrons. The van der Waals surface area contributed by atoms with Gasteiger partial charge in [-0.25, -0.2) is 0 Å². The summed E-state index contributed by atoms with van der Waals surface area (Å²) in [5, 5.41) is 3.56. The molecule has 2 saturated carbocycles. The first-order valence-corrected chi connectivity index (χ1v) is 8.02. The van der Waals surface area contributed by atoms with E-state index < -0.39 is 5.54 Å². The number of nitrogens with zero attached hydrogens (tertiary/aromatic N) is 1. The average Bonchev–Trinajstić information content (AvgIpc) is 3.23. The van der Waals surface area contributed by atoms with Crippen molar-refractivity contribution in [2.24, 2.45) is 5.73 Å². The highest BCUT2D eigenvalue weighted by Gasteiger charge is 2.46. The van der Waals surface area contributed by atoms with Crippen LogP contribution in [0.5, 0.6) is 0 Å². The quantitative estimate of drug-likeness (QED) is 0.793. The van der Waals surface area contributed by atoms with Crippen LogP contribution in [0.3, 0.4) is 0 Å². The molecular formula is C15H27N3O2. The van der Waals surface area contributed by atoms with Crippen LogP contribution < -0.4 is 11.1 Å². The summed E-state index contributed by atoms with van der Waals surface area (Å²) in [6.45, 7) is 4.80. The van der Waals surface area contributed by atoms with Crippen molar-refractivity contribution in [2.75, 3.05) is 19.8 Å². The Morgan fingerprint density at radius 3 is 2.85 bits per heavy atom. The molecule has 1 aliphatic heterocycles. The van der Waals surface area contributed by atoms with Gasteiger partial charge in [0.2, 0.25) is 5.91 Å². The van der Waals surface area contributed by atoms with Crippen molar-refractivity contribution in [3.63, 3.8) is 0 Å². The van der Waals surface area contributed by atoms with Gasteiger partial charge in [0.15, 0.2) is 0 Å². The number of hydrogen-bond acceptors (Lipinski definition) is 4. The Morgan fingerprint density at radius 1 is 1.40 bits per heavy atom. The summed E-state index contributed by atoms with van der Waals surface area (Å²) >= 11 is 0. The summed E-state index contributed by atoms with van der Waals surface area (Å²) in [6, 6.07) is 1.42. The third-order valence-corrected chi connectivity index (χ3v) is 5.14. The number of rotatable bonds is 4. The molecule has 114 valence electrons. The highest BCUT2D eigenvalue weighted by atomic mass is 16.5. The van der Waals surface area contributed by atoms with Gasteiger partial charge >= 0.3 is 0 Å². The Morgan fingerprint density at radius 2 is 2.20 bits per heavy atom. The molecule has 3 rings (SSSR count). The molecule has 5 nitrogen and oxygen atoms in total. The largest absolute Gasteiger partial charge is 0.379 e. The van der Waals surface area contributed by atoms with Crippen molar-refractivity contribution in [1.29, 1.82) is 0 Å². The van der Waals surface area contributed by atoms with E-state index in [4.69, 9.17) is 10.5 Å². The summed E-state index contributed by atoms with van der Waals surface area (Å²) < 4.78 is 5.53. The van der Waals surface area contributed by atoms with Gasteiger partial charge in [-0.1, -0.05) is 0 Å². The minimum Gasteiger partial charge on any atom is -0.379 e. The van der Waals surface area contributed by atoms with Crippen molar-refractivity contribution >= 4 is 5.91 Å². The maximum Gasteiger partial charge on any atom is 0.237 e. The van der Waals surface area contributed by atoms with E-state index in [9.17, 15) is 4.79 Å². The van der Waals surface area contributed by atoms with Gasteiger partial charge in [-0.2, -0.15) is 0 Å². The second kappa shape index (κ2) is 5.62. The number of carbonyl (C=O) groups is 1. The zero-order chi connectivity index (χ0) is 14.2. The number of ether oxygens (including phenoxy) is 1. The maximum atomic E-state index is 12.1. The normalized spacial score (nSPS) is 39.6. The van der Waals surface area contributed by atoms with Gasteiger partial charge in [0.1, 0.15) is 0 Å². The molecule has 1 amide bonds. The van der Waals surface area contributed by atoms with Gasteiger partial charge < -0.3 is 15.8 Å². The molecule has 5 heteroatoms. The summed E-state index contributed by atoms with van der Waals surface area (Å²) in [4.78, 5) is 14.6. The molecule has 1 saturated heterocycles. The van der Waals surface area contributed by atoms with E-state index >= 15 is 0 Å². The Kier molecular flexibility index (Phi) is 4.02. The van der Waals surface area contributed by atoms with Crippen LogP contribution in [-0.4, -0.2) is 54.2 Å². The molecular weight excluding hydrogens is 254 g/mol. The third kappa shape index (κ3) is 2.85. The molecule has 0 aromatic heterocycles. The molecule has 3 N–H and O–H groups in total. The van der Waals surface area contributed by atoms with Crippen LogP contribution in [-0.2, 0) is 9.53 Å². The predicted octanol–water partition coefficient (Wildman–Crippen LogP) is 0.626. The molecule has 0 aromatic carbocycles. The second-order valence-corrected chi connectivity index (χ2v) is 6.78. The third-order valence-electron chi connectivity index (χ3n) is 5.14. The van der Waals surface area contributed by atoms with Crippen molar-refractivity contribution in [1.82, 2.24) is 10.2 Å². The average molecular weight is 281 g/mol. The highest BCUT2D eigenvalue weighted by Crippen LogP contribution is 2.35. The first-order chi connectivity index (χ1) is 9.61. The Balaban J connectivity index is 1.71. The SMILES string of the molecule is CC1COCCN1C1CCCC(NC2CC2)(C(N)=O)C1. The van der Waals surface area contributed by atoms with E-state index in [2.05, 4.69) is 17.1 Å². The van der Waals surface area contributed by atoms with E-state index in [-0.39, 0.29) is 5.91 Å². The fourth-order valence-electron chi connectivity index (χ4n) is 3.86.